The molecule has 0 saturated carbocycles. The first kappa shape index (κ1) is 23.5. The highest BCUT2D eigenvalue weighted by Gasteiger charge is 2.30. The molecule has 0 saturated heterocycles. The summed E-state index contributed by atoms with van der Waals surface area (Å²) >= 11 is 0. The molecule has 2 aliphatic rings. The molecule has 0 spiro atoms. The standard InChI is InChI=1S/C27H30N2O5/c1-2-18(15-25(30)31)28-26(32)17-8-7-9-19(14-17)29-27(33)34-16-24-22-12-5-3-10-20(22)21-11-4-6-13-23(21)24/h3-7,9-13,17-19,24H,2,8,14-16H2,1H3,(H,28,32)(H,29,33)(H,30,31)/t17-,18-,19-/m1/s1. The number of fused-ring (bicyclic) bond motifs is 3. The lowest BCUT2D eigenvalue weighted by Crippen LogP contribution is -2.44. The summed E-state index contributed by atoms with van der Waals surface area (Å²) in [7, 11) is 0. The van der Waals surface area contributed by atoms with Gasteiger partial charge in [0.25, 0.3) is 0 Å². The van der Waals surface area contributed by atoms with Crippen molar-refractivity contribution < 1.29 is 24.2 Å². The van der Waals surface area contributed by atoms with Crippen LogP contribution in [0, 0.1) is 5.92 Å². The summed E-state index contributed by atoms with van der Waals surface area (Å²) in [4.78, 5) is 36.2. The number of alkyl carbamates (subject to hydrolysis) is 1. The Bertz CT molecular complexity index is 1050. The molecular weight excluding hydrogens is 432 g/mol. The first-order chi connectivity index (χ1) is 16.5. The molecule has 0 aromatic heterocycles. The average Bonchev–Trinajstić information content (AvgIpc) is 3.16. The van der Waals surface area contributed by atoms with Crippen molar-refractivity contribution in [2.24, 2.45) is 5.92 Å². The molecule has 2 aromatic rings. The van der Waals surface area contributed by atoms with Gasteiger partial charge in [-0.2, -0.15) is 0 Å². The third-order valence-electron chi connectivity index (χ3n) is 6.61. The van der Waals surface area contributed by atoms with Crippen molar-refractivity contribution in [2.45, 2.75) is 50.6 Å². The van der Waals surface area contributed by atoms with Gasteiger partial charge in [-0.15, -0.1) is 0 Å². The van der Waals surface area contributed by atoms with Crippen molar-refractivity contribution in [3.63, 3.8) is 0 Å². The highest BCUT2D eigenvalue weighted by Crippen LogP contribution is 2.44. The highest BCUT2D eigenvalue weighted by atomic mass is 16.5. The van der Waals surface area contributed by atoms with Crippen LogP contribution in [-0.4, -0.2) is 41.8 Å². The lowest BCUT2D eigenvalue weighted by atomic mass is 9.90. The Kier molecular flexibility index (Phi) is 7.30. The Morgan fingerprint density at radius 2 is 1.71 bits per heavy atom. The Morgan fingerprint density at radius 3 is 2.32 bits per heavy atom. The number of amides is 2. The summed E-state index contributed by atoms with van der Waals surface area (Å²) in [6.07, 6.45) is 4.66. The number of ether oxygens (including phenoxy) is 1. The third-order valence-corrected chi connectivity index (χ3v) is 6.61. The molecule has 0 radical (unpaired) electrons. The predicted octanol–water partition coefficient (Wildman–Crippen LogP) is 4.23. The fourth-order valence-corrected chi connectivity index (χ4v) is 4.83. The molecule has 4 rings (SSSR count). The number of carboxylic acid groups (broad SMARTS) is 1. The molecule has 7 heteroatoms. The minimum absolute atomic E-state index is 0.0150. The molecule has 0 heterocycles. The van der Waals surface area contributed by atoms with E-state index >= 15 is 0 Å². The van der Waals surface area contributed by atoms with E-state index in [1.807, 2.05) is 43.3 Å². The van der Waals surface area contributed by atoms with E-state index in [1.54, 1.807) is 0 Å². The molecule has 0 bridgehead atoms. The molecule has 2 amide bonds. The van der Waals surface area contributed by atoms with Gasteiger partial charge in [-0.25, -0.2) is 4.79 Å². The second-order valence-corrected chi connectivity index (χ2v) is 8.88. The Morgan fingerprint density at radius 1 is 1.06 bits per heavy atom. The van der Waals surface area contributed by atoms with Crippen LogP contribution in [0.1, 0.15) is 49.7 Å². The molecule has 0 fully saturated rings. The third kappa shape index (κ3) is 5.30. The van der Waals surface area contributed by atoms with Crippen molar-refractivity contribution in [1.82, 2.24) is 10.6 Å². The van der Waals surface area contributed by atoms with Crippen LogP contribution in [0.4, 0.5) is 4.79 Å². The van der Waals surface area contributed by atoms with E-state index in [0.29, 0.717) is 19.3 Å². The topological polar surface area (TPSA) is 105 Å². The van der Waals surface area contributed by atoms with Crippen LogP contribution in [0.15, 0.2) is 60.7 Å². The number of rotatable bonds is 8. The van der Waals surface area contributed by atoms with E-state index < -0.39 is 18.1 Å². The van der Waals surface area contributed by atoms with Gasteiger partial charge < -0.3 is 20.5 Å². The number of carbonyl (C=O) groups excluding carboxylic acids is 2. The number of carbonyl (C=O) groups is 3. The highest BCUT2D eigenvalue weighted by molar-refractivity contribution is 5.81. The number of nitrogens with one attached hydrogen (secondary N) is 2. The van der Waals surface area contributed by atoms with E-state index in [9.17, 15) is 14.4 Å². The van der Waals surface area contributed by atoms with E-state index in [1.165, 1.54) is 11.1 Å². The number of aliphatic carboxylic acids is 1. The molecule has 178 valence electrons. The quantitative estimate of drug-likeness (QED) is 0.509. The van der Waals surface area contributed by atoms with E-state index in [-0.39, 0.29) is 36.8 Å². The van der Waals surface area contributed by atoms with Crippen LogP contribution in [0.25, 0.3) is 11.1 Å². The molecule has 2 aliphatic carbocycles. The summed E-state index contributed by atoms with van der Waals surface area (Å²) in [5.74, 6) is -1.47. The Hall–Kier alpha value is -3.61. The lowest BCUT2D eigenvalue weighted by Gasteiger charge is -2.26. The summed E-state index contributed by atoms with van der Waals surface area (Å²) in [5, 5.41) is 14.7. The van der Waals surface area contributed by atoms with E-state index in [0.717, 1.165) is 11.1 Å². The summed E-state index contributed by atoms with van der Waals surface area (Å²) in [6.45, 7) is 2.07. The van der Waals surface area contributed by atoms with Crippen molar-refractivity contribution >= 4 is 18.0 Å². The minimum atomic E-state index is -0.939. The number of allylic oxidation sites excluding steroid dienone is 1. The molecule has 34 heavy (non-hydrogen) atoms. The van der Waals surface area contributed by atoms with Gasteiger partial charge in [-0.05, 0) is 41.5 Å². The van der Waals surface area contributed by atoms with Crippen molar-refractivity contribution in [3.05, 3.63) is 71.8 Å². The van der Waals surface area contributed by atoms with Gasteiger partial charge in [0.1, 0.15) is 6.61 Å². The van der Waals surface area contributed by atoms with Gasteiger partial charge in [0.2, 0.25) is 5.91 Å². The van der Waals surface area contributed by atoms with Crippen molar-refractivity contribution in [2.75, 3.05) is 6.61 Å². The average molecular weight is 463 g/mol. The SMILES string of the molecule is CC[C@H](CC(=O)O)NC(=O)[C@@H]1CC=C[C@@H](NC(=O)OCC2c3ccccc3-c3ccccc32)C1. The van der Waals surface area contributed by atoms with Crippen LogP contribution < -0.4 is 10.6 Å². The summed E-state index contributed by atoms with van der Waals surface area (Å²) in [5.41, 5.74) is 4.64. The number of benzene rings is 2. The molecule has 0 unspecified atom stereocenters. The van der Waals surface area contributed by atoms with Crippen LogP contribution in [0.3, 0.4) is 0 Å². The van der Waals surface area contributed by atoms with Gasteiger partial charge in [-0.3, -0.25) is 9.59 Å². The van der Waals surface area contributed by atoms with Crippen molar-refractivity contribution in [3.8, 4) is 11.1 Å². The molecule has 3 N–H and O–H groups in total. The monoisotopic (exact) mass is 462 g/mol. The molecular formula is C27H30N2O5. The van der Waals surface area contributed by atoms with Crippen molar-refractivity contribution in [1.29, 1.82) is 0 Å². The van der Waals surface area contributed by atoms with Crippen LogP contribution in [0.5, 0.6) is 0 Å². The zero-order valence-electron chi connectivity index (χ0n) is 19.2. The smallest absolute Gasteiger partial charge is 0.407 e. The van der Waals surface area contributed by atoms with E-state index in [2.05, 4.69) is 34.9 Å². The first-order valence-corrected chi connectivity index (χ1v) is 11.8. The van der Waals surface area contributed by atoms with Crippen LogP contribution in [0.2, 0.25) is 0 Å². The second kappa shape index (κ2) is 10.5. The molecule has 2 aromatic carbocycles. The predicted molar refractivity (Wildman–Crippen MR) is 128 cm³/mol. The molecule has 3 atom stereocenters. The molecule has 7 nitrogen and oxygen atoms in total. The zero-order valence-corrected chi connectivity index (χ0v) is 19.2. The van der Waals surface area contributed by atoms with Crippen LogP contribution in [-0.2, 0) is 14.3 Å². The maximum atomic E-state index is 12.6. The summed E-state index contributed by atoms with van der Waals surface area (Å²) in [6, 6.07) is 15.6. The maximum absolute atomic E-state index is 12.6. The number of hydrogen-bond acceptors (Lipinski definition) is 4. The fourth-order valence-electron chi connectivity index (χ4n) is 4.83. The van der Waals surface area contributed by atoms with Gasteiger partial charge >= 0.3 is 12.1 Å². The van der Waals surface area contributed by atoms with Gasteiger partial charge in [0, 0.05) is 17.9 Å². The first-order valence-electron chi connectivity index (χ1n) is 11.8. The Balaban J connectivity index is 1.32. The summed E-state index contributed by atoms with van der Waals surface area (Å²) < 4.78 is 5.61. The van der Waals surface area contributed by atoms with Gasteiger partial charge in [0.15, 0.2) is 0 Å². The number of carboxylic acids is 1. The fraction of sp³-hybridized carbons (Fsp3) is 0.370. The van der Waals surface area contributed by atoms with Crippen LogP contribution >= 0.6 is 0 Å². The lowest BCUT2D eigenvalue weighted by molar-refractivity contribution is -0.137. The van der Waals surface area contributed by atoms with Gasteiger partial charge in [-0.1, -0.05) is 67.6 Å². The normalized spacial score (nSPS) is 19.6. The van der Waals surface area contributed by atoms with Gasteiger partial charge in [0.05, 0.1) is 12.5 Å². The Labute approximate surface area is 199 Å². The largest absolute Gasteiger partial charge is 0.481 e. The van der Waals surface area contributed by atoms with E-state index in [4.69, 9.17) is 9.84 Å². The molecule has 0 aliphatic heterocycles. The maximum Gasteiger partial charge on any atom is 0.407 e. The zero-order chi connectivity index (χ0) is 24.1. The minimum Gasteiger partial charge on any atom is -0.481 e. The second-order valence-electron chi connectivity index (χ2n) is 8.88. The number of hydrogen-bond donors (Lipinski definition) is 3.